The van der Waals surface area contributed by atoms with Crippen LogP contribution < -0.4 is 15.7 Å². The average Bonchev–Trinajstić information content (AvgIpc) is 3.55. The van der Waals surface area contributed by atoms with Gasteiger partial charge in [0, 0.05) is 6.42 Å². The van der Waals surface area contributed by atoms with Gasteiger partial charge in [-0.25, -0.2) is 9.78 Å². The Balaban J connectivity index is 1.50. The fourth-order valence-corrected chi connectivity index (χ4v) is 10.2. The topological polar surface area (TPSA) is 121 Å². The molecular weight excluding hydrogens is 569 g/mol. The number of ether oxygens (including phenoxy) is 2. The van der Waals surface area contributed by atoms with Crippen molar-refractivity contribution >= 4 is 41.8 Å². The molecule has 0 spiro atoms. The number of aliphatic hydroxyl groups is 1. The zero-order chi connectivity index (χ0) is 30.8. The van der Waals surface area contributed by atoms with E-state index >= 15 is 0 Å². The number of carbonyl (C=O) groups excluding carboxylic acids is 1. The number of anilines is 1. The normalized spacial score (nSPS) is 20.6. The predicted molar refractivity (Wildman–Crippen MR) is 162 cm³/mol. The Morgan fingerprint density at radius 1 is 1.19 bits per heavy atom. The maximum atomic E-state index is 14.5. The van der Waals surface area contributed by atoms with Gasteiger partial charge in [-0.1, -0.05) is 87.4 Å². The molecule has 3 atom stereocenters. The minimum Gasteiger partial charge on any atom is -0.450 e. The molecule has 1 fully saturated rings. The van der Waals surface area contributed by atoms with Crippen molar-refractivity contribution in [2.75, 3.05) is 18.5 Å². The number of aromatic nitrogens is 4. The molecule has 0 unspecified atom stereocenters. The van der Waals surface area contributed by atoms with E-state index in [1.807, 2.05) is 36.4 Å². The van der Waals surface area contributed by atoms with Gasteiger partial charge in [0.05, 0.1) is 19.5 Å². The minimum absolute atomic E-state index is 0.0530. The van der Waals surface area contributed by atoms with Crippen molar-refractivity contribution in [1.29, 1.82) is 0 Å². The van der Waals surface area contributed by atoms with E-state index < -0.39 is 38.4 Å². The number of rotatable bonds is 8. The van der Waals surface area contributed by atoms with Crippen LogP contribution in [0.15, 0.2) is 67.0 Å². The lowest BCUT2D eigenvalue weighted by Crippen LogP contribution is -2.68. The van der Waals surface area contributed by atoms with E-state index in [1.54, 1.807) is 6.92 Å². The fourth-order valence-electron chi connectivity index (χ4n) is 5.65. The number of hydrogen-bond donors (Lipinski definition) is 2. The van der Waals surface area contributed by atoms with Crippen molar-refractivity contribution in [3.05, 3.63) is 73.1 Å². The highest BCUT2D eigenvalue weighted by Gasteiger charge is 2.54. The number of imidazole rings is 1. The Morgan fingerprint density at radius 3 is 2.37 bits per heavy atom. The molecule has 12 heteroatoms. The summed E-state index contributed by atoms with van der Waals surface area (Å²) in [6.45, 7) is 8.09. The Kier molecular flexibility index (Phi) is 8.35. The summed E-state index contributed by atoms with van der Waals surface area (Å²) in [6.07, 6.45) is 3.63. The molecule has 2 N–H and O–H groups in total. The Labute approximate surface area is 250 Å². The van der Waals surface area contributed by atoms with Crippen molar-refractivity contribution in [2.45, 2.75) is 57.1 Å². The number of aliphatic hydroxyl groups excluding tert-OH is 1. The highest BCUT2D eigenvalue weighted by atomic mass is 28.4. The van der Waals surface area contributed by atoms with Gasteiger partial charge in [0.15, 0.2) is 22.6 Å². The lowest BCUT2D eigenvalue weighted by atomic mass is 9.99. The van der Waals surface area contributed by atoms with Crippen molar-refractivity contribution < 1.29 is 28.2 Å². The average molecular weight is 604 g/mol. The summed E-state index contributed by atoms with van der Waals surface area (Å²) in [6, 6.07) is 20.1. The summed E-state index contributed by atoms with van der Waals surface area (Å²) in [5.41, 5.74) is -1.35. The van der Waals surface area contributed by atoms with Gasteiger partial charge in [0.2, 0.25) is 0 Å². The van der Waals surface area contributed by atoms with Gasteiger partial charge in [-0.2, -0.15) is 14.4 Å². The number of fused-ring (bicyclic) bond motifs is 1. The van der Waals surface area contributed by atoms with Crippen LogP contribution in [0.2, 0.25) is 5.04 Å². The first kappa shape index (κ1) is 30.3. The first-order chi connectivity index (χ1) is 20.5. The smallest absolute Gasteiger partial charge is 0.412 e. The number of amides is 1. The molecule has 1 amide bonds. The van der Waals surface area contributed by atoms with Gasteiger partial charge in [0.25, 0.3) is 8.32 Å². The zero-order valence-electron chi connectivity index (χ0n) is 24.5. The maximum absolute atomic E-state index is 14.5. The lowest BCUT2D eigenvalue weighted by Gasteiger charge is -2.44. The van der Waals surface area contributed by atoms with Crippen LogP contribution in [0.5, 0.6) is 0 Å². The quantitative estimate of drug-likeness (QED) is 0.178. The second kappa shape index (κ2) is 11.9. The Hall–Kier alpha value is -4.15. The predicted octanol–water partition coefficient (Wildman–Crippen LogP) is 3.76. The summed E-state index contributed by atoms with van der Waals surface area (Å²) in [5, 5.41) is 15.5. The first-order valence-corrected chi connectivity index (χ1v) is 15.9. The SMILES string of the molecule is C#C[C@]1(CO[Si](c2ccccc2)(c2ccccc2)C(C)(C)C)O[C@@H](n2cnc3c(NC(=O)OCC)nc(F)nc32)C[C@@H]1O. The van der Waals surface area contributed by atoms with Crippen LogP contribution in [0, 0.1) is 18.4 Å². The molecule has 3 heterocycles. The molecule has 1 saturated heterocycles. The molecule has 224 valence electrons. The molecule has 43 heavy (non-hydrogen) atoms. The van der Waals surface area contributed by atoms with Gasteiger partial charge >= 0.3 is 12.2 Å². The number of nitrogens with zero attached hydrogens (tertiary/aromatic N) is 4. The maximum Gasteiger partial charge on any atom is 0.412 e. The standard InChI is InChI=1S/C31H34FN5O5Si/c1-6-31(19-41-43(30(3,4)5,21-14-10-8-11-15-21)22-16-12-9-13-17-22)23(38)18-24(42-31)37-20-33-25-26(35-29(39)40-7-2)34-28(32)36-27(25)37/h1,8-17,20,23-24,38H,7,18-19H2,2-5H3,(H,34,35,36,39)/t23-,24+,31+/m0/s1. The van der Waals surface area contributed by atoms with Gasteiger partial charge in [-0.15, -0.1) is 6.42 Å². The van der Waals surface area contributed by atoms with Crippen molar-refractivity contribution in [3.8, 4) is 12.3 Å². The summed E-state index contributed by atoms with van der Waals surface area (Å²) in [5.74, 6) is 2.51. The van der Waals surface area contributed by atoms with Crippen molar-refractivity contribution in [1.82, 2.24) is 19.5 Å². The van der Waals surface area contributed by atoms with Crippen LogP contribution in [0.1, 0.15) is 40.3 Å². The number of carbonyl (C=O) groups is 1. The third-order valence-corrected chi connectivity index (χ3v) is 12.7. The summed E-state index contributed by atoms with van der Waals surface area (Å²) in [7, 11) is -3.01. The van der Waals surface area contributed by atoms with Crippen LogP contribution in [0.3, 0.4) is 0 Å². The van der Waals surface area contributed by atoms with Crippen molar-refractivity contribution in [2.24, 2.45) is 0 Å². The molecular formula is C31H34FN5O5Si. The van der Waals surface area contributed by atoms with E-state index in [0.717, 1.165) is 10.4 Å². The second-order valence-electron chi connectivity index (χ2n) is 11.3. The van der Waals surface area contributed by atoms with Gasteiger partial charge in [-0.05, 0) is 22.3 Å². The van der Waals surface area contributed by atoms with Crippen LogP contribution in [0.25, 0.3) is 11.2 Å². The lowest BCUT2D eigenvalue weighted by molar-refractivity contribution is -0.0857. The summed E-state index contributed by atoms with van der Waals surface area (Å²) < 4.78 is 34.2. The molecule has 1 aliphatic rings. The van der Waals surface area contributed by atoms with Crippen LogP contribution in [-0.2, 0) is 13.9 Å². The molecule has 5 rings (SSSR count). The first-order valence-electron chi connectivity index (χ1n) is 14.0. The molecule has 0 aliphatic carbocycles. The molecule has 0 saturated carbocycles. The molecule has 2 aromatic heterocycles. The van der Waals surface area contributed by atoms with E-state index in [0.29, 0.717) is 0 Å². The van der Waals surface area contributed by atoms with Gasteiger partial charge in [-0.3, -0.25) is 9.88 Å². The Bertz CT molecular complexity index is 1600. The Morgan fingerprint density at radius 2 is 1.81 bits per heavy atom. The number of nitrogens with one attached hydrogen (secondary N) is 1. The van der Waals surface area contributed by atoms with E-state index in [2.05, 4.69) is 71.2 Å². The highest BCUT2D eigenvalue weighted by Crippen LogP contribution is 2.42. The van der Waals surface area contributed by atoms with Crippen LogP contribution in [0.4, 0.5) is 15.0 Å². The van der Waals surface area contributed by atoms with Crippen molar-refractivity contribution in [3.63, 3.8) is 0 Å². The summed E-state index contributed by atoms with van der Waals surface area (Å²) in [4.78, 5) is 23.8. The highest BCUT2D eigenvalue weighted by molar-refractivity contribution is 6.99. The van der Waals surface area contributed by atoms with E-state index in [4.69, 9.17) is 20.3 Å². The van der Waals surface area contributed by atoms with Crippen LogP contribution in [-0.4, -0.2) is 64.0 Å². The molecule has 1 aliphatic heterocycles. The second-order valence-corrected chi connectivity index (χ2v) is 15.6. The minimum atomic E-state index is -3.01. The molecule has 4 aromatic rings. The molecule has 10 nitrogen and oxygen atoms in total. The number of hydrogen-bond acceptors (Lipinski definition) is 8. The van der Waals surface area contributed by atoms with E-state index in [9.17, 15) is 14.3 Å². The largest absolute Gasteiger partial charge is 0.450 e. The summed E-state index contributed by atoms with van der Waals surface area (Å²) >= 11 is 0. The number of terminal acetylenes is 1. The third-order valence-electron chi connectivity index (χ3n) is 7.67. The zero-order valence-corrected chi connectivity index (χ0v) is 25.5. The third kappa shape index (κ3) is 5.52. The van der Waals surface area contributed by atoms with E-state index in [1.165, 1.54) is 10.9 Å². The van der Waals surface area contributed by atoms with E-state index in [-0.39, 0.29) is 41.7 Å². The molecule has 0 bridgehead atoms. The number of benzene rings is 2. The monoisotopic (exact) mass is 603 g/mol. The van der Waals surface area contributed by atoms with Gasteiger partial charge in [0.1, 0.15) is 12.3 Å². The molecule has 0 radical (unpaired) electrons. The van der Waals surface area contributed by atoms with Gasteiger partial charge < -0.3 is 19.0 Å². The number of halogens is 1. The fraction of sp³-hybridized carbons (Fsp3) is 0.355. The van der Waals surface area contributed by atoms with Crippen LogP contribution >= 0.6 is 0 Å². The molecule has 2 aromatic carbocycles.